The van der Waals surface area contributed by atoms with Gasteiger partial charge in [0, 0.05) is 31.9 Å². The van der Waals surface area contributed by atoms with Gasteiger partial charge >= 0.3 is 0 Å². The van der Waals surface area contributed by atoms with Crippen molar-refractivity contribution in [1.29, 1.82) is 0 Å². The number of hydrogen-bond donors (Lipinski definition) is 2. The van der Waals surface area contributed by atoms with E-state index in [1.54, 1.807) is 0 Å². The molecule has 124 valence electrons. The van der Waals surface area contributed by atoms with Gasteiger partial charge in [-0.2, -0.15) is 0 Å². The second-order valence-corrected chi connectivity index (χ2v) is 5.40. The quantitative estimate of drug-likeness (QED) is 0.439. The zero-order chi connectivity index (χ0) is 14.9. The van der Waals surface area contributed by atoms with Gasteiger partial charge in [-0.3, -0.25) is 0 Å². The summed E-state index contributed by atoms with van der Waals surface area (Å²) in [6.07, 6.45) is 3.97. The minimum Gasteiger partial charge on any atom is -0.371 e. The van der Waals surface area contributed by atoms with Crippen LogP contribution >= 0.6 is 24.0 Å². The van der Waals surface area contributed by atoms with E-state index in [2.05, 4.69) is 53.6 Å². The third-order valence-corrected chi connectivity index (χ3v) is 3.78. The van der Waals surface area contributed by atoms with Crippen molar-refractivity contribution in [3.8, 4) is 0 Å². The van der Waals surface area contributed by atoms with Crippen LogP contribution < -0.4 is 15.5 Å². The highest BCUT2D eigenvalue weighted by atomic mass is 127. The Balaban J connectivity index is 0.00000242. The molecule has 1 aromatic carbocycles. The number of guanidine groups is 1. The SMILES string of the molecule is CCNC(=NCc1ccccc1N1CCCCC1)NCC.I. The van der Waals surface area contributed by atoms with Crippen LogP contribution in [0.15, 0.2) is 29.3 Å². The van der Waals surface area contributed by atoms with Crippen LogP contribution in [-0.4, -0.2) is 32.1 Å². The van der Waals surface area contributed by atoms with Gasteiger partial charge < -0.3 is 15.5 Å². The first-order chi connectivity index (χ1) is 10.3. The van der Waals surface area contributed by atoms with Crippen LogP contribution in [0, 0.1) is 0 Å². The van der Waals surface area contributed by atoms with E-state index in [0.717, 1.165) is 25.6 Å². The molecule has 0 unspecified atom stereocenters. The van der Waals surface area contributed by atoms with Gasteiger partial charge in [-0.05, 0) is 44.7 Å². The van der Waals surface area contributed by atoms with Crippen molar-refractivity contribution in [2.24, 2.45) is 4.99 Å². The molecule has 22 heavy (non-hydrogen) atoms. The zero-order valence-corrected chi connectivity index (χ0v) is 16.1. The molecule has 2 N–H and O–H groups in total. The molecule has 0 bridgehead atoms. The summed E-state index contributed by atoms with van der Waals surface area (Å²) in [7, 11) is 0. The Bertz CT molecular complexity index is 448. The van der Waals surface area contributed by atoms with E-state index in [1.807, 2.05) is 0 Å². The number of anilines is 1. The second-order valence-electron chi connectivity index (χ2n) is 5.40. The normalized spacial score (nSPS) is 14.0. The van der Waals surface area contributed by atoms with Crippen molar-refractivity contribution in [2.75, 3.05) is 31.1 Å². The number of piperidine rings is 1. The number of aliphatic imine (C=N–C) groups is 1. The maximum absolute atomic E-state index is 4.70. The van der Waals surface area contributed by atoms with Gasteiger partial charge in [0.2, 0.25) is 0 Å². The summed E-state index contributed by atoms with van der Waals surface area (Å²) in [4.78, 5) is 7.21. The van der Waals surface area contributed by atoms with Gasteiger partial charge in [0.1, 0.15) is 0 Å². The summed E-state index contributed by atoms with van der Waals surface area (Å²) in [6, 6.07) is 8.67. The number of rotatable bonds is 5. The van der Waals surface area contributed by atoms with Crippen LogP contribution in [0.5, 0.6) is 0 Å². The minimum atomic E-state index is 0. The molecule has 1 saturated heterocycles. The Morgan fingerprint density at radius 2 is 1.68 bits per heavy atom. The molecule has 2 rings (SSSR count). The van der Waals surface area contributed by atoms with Gasteiger partial charge in [-0.25, -0.2) is 4.99 Å². The molecular formula is C17H29IN4. The van der Waals surface area contributed by atoms with Crippen LogP contribution in [0.2, 0.25) is 0 Å². The van der Waals surface area contributed by atoms with E-state index in [4.69, 9.17) is 4.99 Å². The van der Waals surface area contributed by atoms with Crippen molar-refractivity contribution in [3.63, 3.8) is 0 Å². The van der Waals surface area contributed by atoms with Crippen molar-refractivity contribution >= 4 is 35.6 Å². The van der Waals surface area contributed by atoms with Crippen molar-refractivity contribution in [3.05, 3.63) is 29.8 Å². The fourth-order valence-electron chi connectivity index (χ4n) is 2.76. The number of benzene rings is 1. The summed E-state index contributed by atoms with van der Waals surface area (Å²) in [5.41, 5.74) is 2.67. The standard InChI is InChI=1S/C17H28N4.HI/c1-3-18-17(19-4-2)20-14-15-10-6-7-11-16(15)21-12-8-5-9-13-21;/h6-7,10-11H,3-5,8-9,12-14H2,1-2H3,(H2,18,19,20);1H. The summed E-state index contributed by atoms with van der Waals surface area (Å²) in [5, 5.41) is 6.56. The lowest BCUT2D eigenvalue weighted by atomic mass is 10.1. The predicted octanol–water partition coefficient (Wildman–Crippen LogP) is 3.37. The maximum atomic E-state index is 4.70. The Morgan fingerprint density at radius 3 is 2.32 bits per heavy atom. The van der Waals surface area contributed by atoms with E-state index in [9.17, 15) is 0 Å². The van der Waals surface area contributed by atoms with Crippen LogP contribution in [0.25, 0.3) is 0 Å². The lowest BCUT2D eigenvalue weighted by Gasteiger charge is -2.30. The Kier molecular flexibility index (Phi) is 9.27. The molecule has 0 amide bonds. The highest BCUT2D eigenvalue weighted by Gasteiger charge is 2.13. The molecule has 4 nitrogen and oxygen atoms in total. The Hall–Kier alpha value is -0.980. The third-order valence-electron chi connectivity index (χ3n) is 3.78. The van der Waals surface area contributed by atoms with Gasteiger partial charge in [0.25, 0.3) is 0 Å². The van der Waals surface area contributed by atoms with E-state index >= 15 is 0 Å². The topological polar surface area (TPSA) is 39.7 Å². The van der Waals surface area contributed by atoms with E-state index in [0.29, 0.717) is 0 Å². The molecule has 0 aliphatic carbocycles. The third kappa shape index (κ3) is 5.66. The molecule has 1 aromatic rings. The molecule has 0 saturated carbocycles. The largest absolute Gasteiger partial charge is 0.371 e. The smallest absolute Gasteiger partial charge is 0.191 e. The first-order valence-electron chi connectivity index (χ1n) is 8.20. The zero-order valence-electron chi connectivity index (χ0n) is 13.8. The molecule has 0 atom stereocenters. The molecule has 1 fully saturated rings. The summed E-state index contributed by atoms with van der Waals surface area (Å²) in [5.74, 6) is 0.897. The van der Waals surface area contributed by atoms with Crippen LogP contribution in [0.3, 0.4) is 0 Å². The fourth-order valence-corrected chi connectivity index (χ4v) is 2.76. The van der Waals surface area contributed by atoms with Gasteiger partial charge in [0.05, 0.1) is 6.54 Å². The maximum Gasteiger partial charge on any atom is 0.191 e. The Morgan fingerprint density at radius 1 is 1.05 bits per heavy atom. The highest BCUT2D eigenvalue weighted by Crippen LogP contribution is 2.24. The highest BCUT2D eigenvalue weighted by molar-refractivity contribution is 14.0. The second kappa shape index (κ2) is 10.7. The first kappa shape index (κ1) is 19.1. The van der Waals surface area contributed by atoms with Crippen LogP contribution in [0.1, 0.15) is 38.7 Å². The predicted molar refractivity (Wildman–Crippen MR) is 106 cm³/mol. The summed E-state index contributed by atoms with van der Waals surface area (Å²) < 4.78 is 0. The molecule has 0 spiro atoms. The molecular weight excluding hydrogens is 387 g/mol. The van der Waals surface area contributed by atoms with Gasteiger partial charge in [-0.1, -0.05) is 18.2 Å². The van der Waals surface area contributed by atoms with Crippen molar-refractivity contribution < 1.29 is 0 Å². The number of halogens is 1. The van der Waals surface area contributed by atoms with Gasteiger partial charge in [-0.15, -0.1) is 24.0 Å². The first-order valence-corrected chi connectivity index (χ1v) is 8.20. The van der Waals surface area contributed by atoms with E-state index in [1.165, 1.54) is 43.6 Å². The lowest BCUT2D eigenvalue weighted by molar-refractivity contribution is 0.576. The average molecular weight is 416 g/mol. The monoisotopic (exact) mass is 416 g/mol. The fraction of sp³-hybridized carbons (Fsp3) is 0.588. The number of para-hydroxylation sites is 1. The minimum absolute atomic E-state index is 0. The van der Waals surface area contributed by atoms with Crippen molar-refractivity contribution in [1.82, 2.24) is 10.6 Å². The van der Waals surface area contributed by atoms with E-state index < -0.39 is 0 Å². The molecule has 0 radical (unpaired) electrons. The number of nitrogens with one attached hydrogen (secondary N) is 2. The number of nitrogens with zero attached hydrogens (tertiary/aromatic N) is 2. The average Bonchev–Trinajstić information content (AvgIpc) is 2.54. The van der Waals surface area contributed by atoms with Gasteiger partial charge in [0.15, 0.2) is 5.96 Å². The molecule has 5 heteroatoms. The van der Waals surface area contributed by atoms with Crippen LogP contribution in [-0.2, 0) is 6.54 Å². The van der Waals surface area contributed by atoms with Crippen molar-refractivity contribution in [2.45, 2.75) is 39.7 Å². The Labute approximate surface area is 151 Å². The molecule has 1 heterocycles. The summed E-state index contributed by atoms with van der Waals surface area (Å²) in [6.45, 7) is 9.03. The molecule has 1 aliphatic heterocycles. The van der Waals surface area contributed by atoms with E-state index in [-0.39, 0.29) is 24.0 Å². The molecule has 1 aliphatic rings. The summed E-state index contributed by atoms with van der Waals surface area (Å²) >= 11 is 0. The molecule has 0 aromatic heterocycles. The number of hydrogen-bond acceptors (Lipinski definition) is 2. The lowest BCUT2D eigenvalue weighted by Crippen LogP contribution is -2.37. The van der Waals surface area contributed by atoms with Crippen LogP contribution in [0.4, 0.5) is 5.69 Å².